The summed E-state index contributed by atoms with van der Waals surface area (Å²) >= 11 is 3.52. The van der Waals surface area contributed by atoms with Crippen molar-refractivity contribution in [3.05, 3.63) is 28.2 Å². The zero-order chi connectivity index (χ0) is 13.5. The lowest BCUT2D eigenvalue weighted by atomic mass is 10.1. The lowest BCUT2D eigenvalue weighted by Crippen LogP contribution is -2.23. The maximum absolute atomic E-state index is 5.78. The van der Waals surface area contributed by atoms with E-state index in [4.69, 9.17) is 9.47 Å². The Balaban J connectivity index is 1.87. The van der Waals surface area contributed by atoms with Crippen molar-refractivity contribution in [3.8, 4) is 5.75 Å². The summed E-state index contributed by atoms with van der Waals surface area (Å²) in [6, 6.07) is 6.19. The van der Waals surface area contributed by atoms with Crippen molar-refractivity contribution in [2.24, 2.45) is 5.92 Å². The summed E-state index contributed by atoms with van der Waals surface area (Å²) in [4.78, 5) is 0. The number of benzene rings is 1. The minimum atomic E-state index is 0.659. The van der Waals surface area contributed by atoms with Gasteiger partial charge in [0.2, 0.25) is 0 Å². The third kappa shape index (κ3) is 4.79. The normalized spacial score (nSPS) is 18.7. The van der Waals surface area contributed by atoms with Crippen LogP contribution < -0.4 is 10.1 Å². The summed E-state index contributed by atoms with van der Waals surface area (Å²) in [6.07, 6.45) is 2.20. The summed E-state index contributed by atoms with van der Waals surface area (Å²) in [7, 11) is 0. The molecular weight excluding hydrogens is 306 g/mol. The van der Waals surface area contributed by atoms with Gasteiger partial charge in [-0.1, -0.05) is 22.9 Å². The van der Waals surface area contributed by atoms with Gasteiger partial charge >= 0.3 is 0 Å². The van der Waals surface area contributed by atoms with Crippen molar-refractivity contribution >= 4 is 15.9 Å². The number of rotatable bonds is 7. The van der Waals surface area contributed by atoms with Gasteiger partial charge in [0.25, 0.3) is 0 Å². The molecule has 1 fully saturated rings. The van der Waals surface area contributed by atoms with Crippen LogP contribution in [0.4, 0.5) is 0 Å². The van der Waals surface area contributed by atoms with E-state index in [1.165, 1.54) is 12.0 Å². The zero-order valence-corrected chi connectivity index (χ0v) is 13.0. The first-order valence-electron chi connectivity index (χ1n) is 6.99. The third-order valence-corrected chi connectivity index (χ3v) is 3.75. The SMILES string of the molecule is CCCOc1ccc(Br)cc1CNCC1CCOC1. The van der Waals surface area contributed by atoms with Crippen LogP contribution in [-0.2, 0) is 11.3 Å². The van der Waals surface area contributed by atoms with Crippen molar-refractivity contribution in [1.82, 2.24) is 5.32 Å². The maximum atomic E-state index is 5.78. The minimum absolute atomic E-state index is 0.659. The molecule has 0 saturated carbocycles. The first-order chi connectivity index (χ1) is 9.29. The Kier molecular flexibility index (Phi) is 6.14. The predicted octanol–water partition coefficient (Wildman–Crippen LogP) is 3.36. The summed E-state index contributed by atoms with van der Waals surface area (Å²) in [5, 5.41) is 3.51. The maximum Gasteiger partial charge on any atom is 0.123 e. The Morgan fingerprint density at radius 3 is 3.11 bits per heavy atom. The summed E-state index contributed by atoms with van der Waals surface area (Å²) in [5.74, 6) is 1.65. The average Bonchev–Trinajstić information content (AvgIpc) is 2.91. The van der Waals surface area contributed by atoms with E-state index in [-0.39, 0.29) is 0 Å². The van der Waals surface area contributed by atoms with Crippen LogP contribution in [0.1, 0.15) is 25.3 Å². The highest BCUT2D eigenvalue weighted by molar-refractivity contribution is 9.10. The van der Waals surface area contributed by atoms with Crippen LogP contribution in [0.3, 0.4) is 0 Å². The second-order valence-electron chi connectivity index (χ2n) is 4.96. The third-order valence-electron chi connectivity index (χ3n) is 3.26. The Labute approximate surface area is 123 Å². The summed E-state index contributed by atoms with van der Waals surface area (Å²) in [6.45, 7) is 6.55. The van der Waals surface area contributed by atoms with Crippen molar-refractivity contribution in [1.29, 1.82) is 0 Å². The van der Waals surface area contributed by atoms with E-state index in [1.807, 2.05) is 12.1 Å². The molecule has 1 aromatic carbocycles. The lowest BCUT2D eigenvalue weighted by molar-refractivity contribution is 0.185. The molecule has 0 spiro atoms. The quantitative estimate of drug-likeness (QED) is 0.832. The van der Waals surface area contributed by atoms with Crippen molar-refractivity contribution in [3.63, 3.8) is 0 Å². The molecule has 1 atom stereocenters. The molecule has 0 aromatic heterocycles. The monoisotopic (exact) mass is 327 g/mol. The highest BCUT2D eigenvalue weighted by atomic mass is 79.9. The molecule has 1 aliphatic rings. The molecule has 1 heterocycles. The molecule has 19 heavy (non-hydrogen) atoms. The fraction of sp³-hybridized carbons (Fsp3) is 0.600. The van der Waals surface area contributed by atoms with Gasteiger partial charge in [-0.3, -0.25) is 0 Å². The molecule has 0 bridgehead atoms. The van der Waals surface area contributed by atoms with Crippen LogP contribution >= 0.6 is 15.9 Å². The van der Waals surface area contributed by atoms with Crippen LogP contribution in [0.25, 0.3) is 0 Å². The molecule has 4 heteroatoms. The number of halogens is 1. The molecule has 1 N–H and O–H groups in total. The fourth-order valence-electron chi connectivity index (χ4n) is 2.19. The fourth-order valence-corrected chi connectivity index (χ4v) is 2.60. The first kappa shape index (κ1) is 14.8. The molecular formula is C15H22BrNO2. The second-order valence-corrected chi connectivity index (χ2v) is 5.88. The van der Waals surface area contributed by atoms with E-state index in [0.717, 1.165) is 49.6 Å². The molecule has 1 aliphatic heterocycles. The molecule has 1 saturated heterocycles. The molecule has 3 nitrogen and oxygen atoms in total. The average molecular weight is 328 g/mol. The van der Waals surface area contributed by atoms with Crippen molar-refractivity contribution < 1.29 is 9.47 Å². The highest BCUT2D eigenvalue weighted by Crippen LogP contribution is 2.23. The Hall–Kier alpha value is -0.580. The summed E-state index contributed by atoms with van der Waals surface area (Å²) in [5.41, 5.74) is 1.21. The number of hydrogen-bond donors (Lipinski definition) is 1. The minimum Gasteiger partial charge on any atom is -0.493 e. The van der Waals surface area contributed by atoms with Gasteiger partial charge in [0.05, 0.1) is 13.2 Å². The number of nitrogens with one attached hydrogen (secondary N) is 1. The van der Waals surface area contributed by atoms with Gasteiger partial charge in [-0.25, -0.2) is 0 Å². The molecule has 1 unspecified atom stereocenters. The zero-order valence-electron chi connectivity index (χ0n) is 11.5. The van der Waals surface area contributed by atoms with E-state index < -0.39 is 0 Å². The summed E-state index contributed by atoms with van der Waals surface area (Å²) < 4.78 is 12.3. The largest absolute Gasteiger partial charge is 0.493 e. The van der Waals surface area contributed by atoms with Crippen LogP contribution in [0, 0.1) is 5.92 Å². The van der Waals surface area contributed by atoms with Gasteiger partial charge in [0.1, 0.15) is 5.75 Å². The molecule has 1 aromatic rings. The Morgan fingerprint density at radius 1 is 1.47 bits per heavy atom. The number of hydrogen-bond acceptors (Lipinski definition) is 3. The lowest BCUT2D eigenvalue weighted by Gasteiger charge is -2.14. The smallest absolute Gasteiger partial charge is 0.123 e. The molecule has 0 amide bonds. The van der Waals surface area contributed by atoms with E-state index in [0.29, 0.717) is 5.92 Å². The van der Waals surface area contributed by atoms with Gasteiger partial charge in [-0.2, -0.15) is 0 Å². The van der Waals surface area contributed by atoms with Crippen LogP contribution in [0.2, 0.25) is 0 Å². The Bertz CT molecular complexity index is 392. The van der Waals surface area contributed by atoms with Crippen molar-refractivity contribution in [2.75, 3.05) is 26.4 Å². The topological polar surface area (TPSA) is 30.5 Å². The van der Waals surface area contributed by atoms with E-state index in [2.05, 4.69) is 34.2 Å². The number of ether oxygens (including phenoxy) is 2. The second kappa shape index (κ2) is 7.88. The van der Waals surface area contributed by atoms with Gasteiger partial charge in [0, 0.05) is 29.7 Å². The standard InChI is InChI=1S/C15H22BrNO2/c1-2-6-19-15-4-3-14(16)8-13(15)10-17-9-12-5-7-18-11-12/h3-4,8,12,17H,2,5-7,9-11H2,1H3. The van der Waals surface area contributed by atoms with Gasteiger partial charge in [0.15, 0.2) is 0 Å². The molecule has 2 rings (SSSR count). The van der Waals surface area contributed by atoms with Crippen LogP contribution in [0.5, 0.6) is 5.75 Å². The van der Waals surface area contributed by atoms with Crippen LogP contribution in [0.15, 0.2) is 22.7 Å². The molecule has 0 radical (unpaired) electrons. The predicted molar refractivity (Wildman–Crippen MR) is 80.6 cm³/mol. The van der Waals surface area contributed by atoms with E-state index >= 15 is 0 Å². The van der Waals surface area contributed by atoms with Gasteiger partial charge < -0.3 is 14.8 Å². The Morgan fingerprint density at radius 2 is 2.37 bits per heavy atom. The first-order valence-corrected chi connectivity index (χ1v) is 7.78. The molecule has 0 aliphatic carbocycles. The van der Waals surface area contributed by atoms with Gasteiger partial charge in [-0.05, 0) is 37.0 Å². The molecule has 106 valence electrons. The van der Waals surface area contributed by atoms with E-state index in [9.17, 15) is 0 Å². The van der Waals surface area contributed by atoms with Crippen LogP contribution in [-0.4, -0.2) is 26.4 Å². The van der Waals surface area contributed by atoms with E-state index in [1.54, 1.807) is 0 Å². The van der Waals surface area contributed by atoms with Gasteiger partial charge in [-0.15, -0.1) is 0 Å². The van der Waals surface area contributed by atoms with Crippen molar-refractivity contribution in [2.45, 2.75) is 26.3 Å². The highest BCUT2D eigenvalue weighted by Gasteiger charge is 2.15.